The summed E-state index contributed by atoms with van der Waals surface area (Å²) >= 11 is 12.2. The molecular formula is C19H18Cl2N2O. The maximum absolute atomic E-state index is 12.2. The predicted molar refractivity (Wildman–Crippen MR) is 96.7 cm³/mol. The van der Waals surface area contributed by atoms with Crippen molar-refractivity contribution in [1.82, 2.24) is 10.2 Å². The van der Waals surface area contributed by atoms with E-state index in [1.54, 1.807) is 6.07 Å². The van der Waals surface area contributed by atoms with Crippen LogP contribution in [0.15, 0.2) is 42.5 Å². The van der Waals surface area contributed by atoms with Crippen LogP contribution >= 0.6 is 23.2 Å². The second-order valence-corrected chi connectivity index (χ2v) is 7.51. The molecule has 2 heterocycles. The lowest BCUT2D eigenvalue weighted by atomic mass is 9.87. The molecule has 2 aliphatic heterocycles. The molecule has 1 fully saturated rings. The van der Waals surface area contributed by atoms with Gasteiger partial charge in [0.15, 0.2) is 0 Å². The molecule has 1 saturated heterocycles. The summed E-state index contributed by atoms with van der Waals surface area (Å²) in [4.78, 5) is 14.7. The van der Waals surface area contributed by atoms with Gasteiger partial charge in [0.1, 0.15) is 0 Å². The smallest absolute Gasteiger partial charge is 0.251 e. The number of benzene rings is 2. The van der Waals surface area contributed by atoms with Crippen LogP contribution in [0.5, 0.6) is 0 Å². The van der Waals surface area contributed by atoms with Crippen LogP contribution < -0.4 is 5.32 Å². The Bertz CT molecular complexity index is 772. The standard InChI is InChI=1S/C19H18Cl2N2O/c20-14-5-12(6-15(21)7-14)9-23-10-13-8-22-19(24)17-4-2-1-3-16(17)18(13)11-23/h1-7,13,18H,8-11H2,(H,22,24)/t13-,18-/m0/s1. The summed E-state index contributed by atoms with van der Waals surface area (Å²) in [6, 6.07) is 13.7. The number of hydrogen-bond donors (Lipinski definition) is 1. The fourth-order valence-electron chi connectivity index (χ4n) is 3.96. The van der Waals surface area contributed by atoms with E-state index in [0.717, 1.165) is 37.3 Å². The van der Waals surface area contributed by atoms with Gasteiger partial charge in [-0.1, -0.05) is 41.4 Å². The van der Waals surface area contributed by atoms with Gasteiger partial charge in [-0.25, -0.2) is 0 Å². The molecule has 0 aliphatic carbocycles. The molecule has 0 aromatic heterocycles. The number of nitrogens with zero attached hydrogens (tertiary/aromatic N) is 1. The average molecular weight is 361 g/mol. The monoisotopic (exact) mass is 360 g/mol. The van der Waals surface area contributed by atoms with Gasteiger partial charge in [0.05, 0.1) is 0 Å². The maximum atomic E-state index is 12.2. The fraction of sp³-hybridized carbons (Fsp3) is 0.316. The highest BCUT2D eigenvalue weighted by Gasteiger charge is 2.37. The number of carbonyl (C=O) groups excluding carboxylic acids is 1. The highest BCUT2D eigenvalue weighted by molar-refractivity contribution is 6.34. The first kappa shape index (κ1) is 15.9. The van der Waals surface area contributed by atoms with Crippen molar-refractivity contribution in [3.05, 3.63) is 69.2 Å². The second-order valence-electron chi connectivity index (χ2n) is 6.64. The van der Waals surface area contributed by atoms with Crippen LogP contribution in [0.2, 0.25) is 10.0 Å². The van der Waals surface area contributed by atoms with Crippen molar-refractivity contribution in [2.24, 2.45) is 5.92 Å². The Morgan fingerprint density at radius 1 is 1.08 bits per heavy atom. The third-order valence-electron chi connectivity index (χ3n) is 4.97. The van der Waals surface area contributed by atoms with Crippen molar-refractivity contribution in [2.75, 3.05) is 19.6 Å². The molecule has 2 atom stereocenters. The summed E-state index contributed by atoms with van der Waals surface area (Å²) in [5.74, 6) is 0.871. The highest BCUT2D eigenvalue weighted by Crippen LogP contribution is 2.36. The maximum Gasteiger partial charge on any atom is 0.251 e. The second kappa shape index (κ2) is 6.40. The highest BCUT2D eigenvalue weighted by atomic mass is 35.5. The van der Waals surface area contributed by atoms with Gasteiger partial charge >= 0.3 is 0 Å². The quantitative estimate of drug-likeness (QED) is 0.879. The zero-order chi connectivity index (χ0) is 16.7. The molecule has 1 N–H and O–H groups in total. The number of fused-ring (bicyclic) bond motifs is 3. The summed E-state index contributed by atoms with van der Waals surface area (Å²) < 4.78 is 0. The Kier molecular flexibility index (Phi) is 4.25. The van der Waals surface area contributed by atoms with Gasteiger partial charge in [0.25, 0.3) is 5.91 Å². The molecule has 0 saturated carbocycles. The van der Waals surface area contributed by atoms with E-state index < -0.39 is 0 Å². The van der Waals surface area contributed by atoms with Crippen molar-refractivity contribution in [1.29, 1.82) is 0 Å². The zero-order valence-corrected chi connectivity index (χ0v) is 14.6. The van der Waals surface area contributed by atoms with Gasteiger partial charge in [-0.05, 0) is 41.3 Å². The van der Waals surface area contributed by atoms with E-state index in [1.165, 1.54) is 5.56 Å². The van der Waals surface area contributed by atoms with Crippen LogP contribution in [0.1, 0.15) is 27.4 Å². The van der Waals surface area contributed by atoms with Crippen LogP contribution in [-0.4, -0.2) is 30.4 Å². The largest absolute Gasteiger partial charge is 0.352 e. The number of likely N-dealkylation sites (tertiary alicyclic amines) is 1. The van der Waals surface area contributed by atoms with Crippen molar-refractivity contribution in [3.8, 4) is 0 Å². The van der Waals surface area contributed by atoms with Gasteiger partial charge in [-0.3, -0.25) is 9.69 Å². The van der Waals surface area contributed by atoms with Gasteiger partial charge < -0.3 is 5.32 Å². The van der Waals surface area contributed by atoms with Gasteiger partial charge in [-0.2, -0.15) is 0 Å². The number of hydrogen-bond acceptors (Lipinski definition) is 2. The van der Waals surface area contributed by atoms with Crippen molar-refractivity contribution in [2.45, 2.75) is 12.5 Å². The summed E-state index contributed by atoms with van der Waals surface area (Å²) in [5.41, 5.74) is 3.11. The van der Waals surface area contributed by atoms with E-state index >= 15 is 0 Å². The average Bonchev–Trinajstić information content (AvgIpc) is 2.89. The molecule has 2 aromatic carbocycles. The van der Waals surface area contributed by atoms with Crippen LogP contribution in [0.4, 0.5) is 0 Å². The summed E-state index contributed by atoms with van der Waals surface area (Å²) in [7, 11) is 0. The molecular weight excluding hydrogens is 343 g/mol. The molecule has 5 heteroatoms. The van der Waals surface area contributed by atoms with Gasteiger partial charge in [0.2, 0.25) is 0 Å². The van der Waals surface area contributed by atoms with E-state index in [9.17, 15) is 4.79 Å². The number of rotatable bonds is 2. The first-order chi connectivity index (χ1) is 11.6. The number of amides is 1. The molecule has 0 unspecified atom stereocenters. The molecule has 1 amide bonds. The molecule has 2 aromatic rings. The Morgan fingerprint density at radius 3 is 2.62 bits per heavy atom. The van der Waals surface area contributed by atoms with Gasteiger partial charge in [0, 0.05) is 47.7 Å². The lowest BCUT2D eigenvalue weighted by Crippen LogP contribution is -2.29. The fourth-order valence-corrected chi connectivity index (χ4v) is 4.53. The first-order valence-electron chi connectivity index (χ1n) is 8.14. The summed E-state index contributed by atoms with van der Waals surface area (Å²) in [6.45, 7) is 3.46. The van der Waals surface area contributed by atoms with E-state index in [-0.39, 0.29) is 5.91 Å². The molecule has 0 spiro atoms. The van der Waals surface area contributed by atoms with E-state index in [1.807, 2.05) is 30.3 Å². The van der Waals surface area contributed by atoms with E-state index in [4.69, 9.17) is 23.2 Å². The molecule has 3 nitrogen and oxygen atoms in total. The molecule has 0 bridgehead atoms. The Hall–Kier alpha value is -1.55. The molecule has 0 radical (unpaired) electrons. The predicted octanol–water partition coefficient (Wildman–Crippen LogP) is 3.95. The van der Waals surface area contributed by atoms with Crippen LogP contribution in [0, 0.1) is 5.92 Å². The summed E-state index contributed by atoms with van der Waals surface area (Å²) in [5, 5.41) is 4.41. The topological polar surface area (TPSA) is 32.3 Å². The number of halogens is 2. The SMILES string of the molecule is O=C1NC[C@H]2CN(Cc3cc(Cl)cc(Cl)c3)C[C@@H]2c2ccccc21. The Morgan fingerprint density at radius 2 is 1.83 bits per heavy atom. The third kappa shape index (κ3) is 3.04. The number of nitrogens with one attached hydrogen (secondary N) is 1. The molecule has 24 heavy (non-hydrogen) atoms. The van der Waals surface area contributed by atoms with Crippen LogP contribution in [0.3, 0.4) is 0 Å². The zero-order valence-electron chi connectivity index (χ0n) is 13.1. The van der Waals surface area contributed by atoms with Crippen molar-refractivity contribution >= 4 is 29.1 Å². The first-order valence-corrected chi connectivity index (χ1v) is 8.90. The molecule has 2 aliphatic rings. The summed E-state index contributed by atoms with van der Waals surface area (Å²) in [6.07, 6.45) is 0. The minimum Gasteiger partial charge on any atom is -0.352 e. The van der Waals surface area contributed by atoms with E-state index in [2.05, 4.69) is 16.3 Å². The van der Waals surface area contributed by atoms with Crippen LogP contribution in [0.25, 0.3) is 0 Å². The number of carbonyl (C=O) groups is 1. The Labute approximate surface area is 151 Å². The molecule has 124 valence electrons. The molecule has 4 rings (SSSR count). The lowest BCUT2D eigenvalue weighted by molar-refractivity contribution is 0.0951. The van der Waals surface area contributed by atoms with Crippen molar-refractivity contribution in [3.63, 3.8) is 0 Å². The minimum absolute atomic E-state index is 0.0492. The van der Waals surface area contributed by atoms with Crippen molar-refractivity contribution < 1.29 is 4.79 Å². The Balaban J connectivity index is 1.58. The van der Waals surface area contributed by atoms with E-state index in [0.29, 0.717) is 21.9 Å². The third-order valence-corrected chi connectivity index (χ3v) is 5.41. The van der Waals surface area contributed by atoms with Gasteiger partial charge in [-0.15, -0.1) is 0 Å². The lowest BCUT2D eigenvalue weighted by Gasteiger charge is -2.17. The normalized spacial score (nSPS) is 23.3. The minimum atomic E-state index is 0.0492. The van der Waals surface area contributed by atoms with Crippen LogP contribution in [-0.2, 0) is 6.54 Å².